The molecule has 0 saturated carbocycles. The van der Waals surface area contributed by atoms with Crippen LogP contribution in [0.5, 0.6) is 0 Å². The van der Waals surface area contributed by atoms with Gasteiger partial charge in [-0.15, -0.1) is 0 Å². The van der Waals surface area contributed by atoms with E-state index >= 15 is 0 Å². The van der Waals surface area contributed by atoms with E-state index in [4.69, 9.17) is 11.6 Å². The zero-order valence-electron chi connectivity index (χ0n) is 22.9. The lowest BCUT2D eigenvalue weighted by atomic mass is 9.80. The molecule has 0 amide bonds. The highest BCUT2D eigenvalue weighted by atomic mass is 35.5. The Kier molecular flexibility index (Phi) is 8.05. The monoisotopic (exact) mass is 530 g/mol. The predicted octanol–water partition coefficient (Wildman–Crippen LogP) is 5.41. The van der Waals surface area contributed by atoms with Gasteiger partial charge in [-0.05, 0) is 57.9 Å². The quantitative estimate of drug-likeness (QED) is 0.396. The topological polar surface area (TPSA) is 78.0 Å². The van der Waals surface area contributed by atoms with Crippen molar-refractivity contribution in [2.45, 2.75) is 58.7 Å². The van der Waals surface area contributed by atoms with Gasteiger partial charge in [0.15, 0.2) is 5.82 Å². The van der Waals surface area contributed by atoms with Crippen molar-refractivity contribution >= 4 is 28.5 Å². The molecule has 4 rings (SSSR count). The van der Waals surface area contributed by atoms with Gasteiger partial charge in [-0.2, -0.15) is 10.2 Å². The molecule has 0 bridgehead atoms. The molecule has 1 unspecified atom stereocenters. The van der Waals surface area contributed by atoms with Gasteiger partial charge in [0.25, 0.3) is 0 Å². The van der Waals surface area contributed by atoms with Crippen LogP contribution in [0.2, 0.25) is 0 Å². The van der Waals surface area contributed by atoms with Gasteiger partial charge in [0, 0.05) is 31.7 Å². The third kappa shape index (κ3) is 4.75. The van der Waals surface area contributed by atoms with E-state index in [9.17, 15) is 10.1 Å². The highest BCUT2D eigenvalue weighted by Gasteiger charge is 2.44. The molecule has 0 radical (unpaired) electrons. The maximum atomic E-state index is 12.9. The second-order valence-electron chi connectivity index (χ2n) is 10.1. The highest BCUT2D eigenvalue weighted by molar-refractivity contribution is 6.25. The number of aryl methyl sites for hydroxylation is 2. The average Bonchev–Trinajstić information content (AvgIpc) is 2.94. The van der Waals surface area contributed by atoms with Crippen LogP contribution in [0, 0.1) is 18.3 Å². The number of anilines is 1. The maximum absolute atomic E-state index is 12.9. The molecule has 3 atom stereocenters. The average molecular weight is 531 g/mol. The highest BCUT2D eigenvalue weighted by Crippen LogP contribution is 2.41. The Labute approximate surface area is 229 Å². The van der Waals surface area contributed by atoms with E-state index < -0.39 is 0 Å². The van der Waals surface area contributed by atoms with Crippen LogP contribution in [0.1, 0.15) is 50.9 Å². The molecule has 8 heteroatoms. The summed E-state index contributed by atoms with van der Waals surface area (Å²) in [7, 11) is 1.67. The molecule has 0 aliphatic carbocycles. The van der Waals surface area contributed by atoms with Gasteiger partial charge in [0.2, 0.25) is 0 Å². The number of halogens is 1. The van der Waals surface area contributed by atoms with Gasteiger partial charge < -0.3 is 4.90 Å². The number of hydrogen-bond donors (Lipinski definition) is 0. The summed E-state index contributed by atoms with van der Waals surface area (Å²) in [5.41, 5.74) is 6.00. The van der Waals surface area contributed by atoms with Crippen LogP contribution in [-0.2, 0) is 12.6 Å². The summed E-state index contributed by atoms with van der Waals surface area (Å²) in [5, 5.41) is 9.51. The maximum Gasteiger partial charge on any atom is 0.349 e. The number of aromatic nitrogens is 3. The Morgan fingerprint density at radius 2 is 1.92 bits per heavy atom. The fourth-order valence-electron chi connectivity index (χ4n) is 5.55. The second kappa shape index (κ2) is 11.1. The fraction of sp³-hybridized carbons (Fsp3) is 0.400. The normalized spacial score (nSPS) is 20.6. The van der Waals surface area contributed by atoms with Gasteiger partial charge >= 0.3 is 5.69 Å². The lowest BCUT2D eigenvalue weighted by Gasteiger charge is -2.54. The second-order valence-corrected chi connectivity index (χ2v) is 10.4. The molecule has 1 fully saturated rings. The first-order valence-corrected chi connectivity index (χ1v) is 13.4. The Morgan fingerprint density at radius 3 is 2.53 bits per heavy atom. The van der Waals surface area contributed by atoms with Crippen molar-refractivity contribution in [1.29, 1.82) is 5.26 Å². The SMILES string of the molecule is C/C=C(\C)[C@@](C)(c1ccc(C)cc1)N1CC(C=CCl)N(c2nc(=O)n(C)c3ccc(C#N)nc23)C[C@H]1CC. The minimum atomic E-state index is -0.364. The molecule has 1 aliphatic rings. The lowest BCUT2D eigenvalue weighted by molar-refractivity contribution is 0.0555. The minimum absolute atomic E-state index is 0.149. The molecule has 1 aliphatic heterocycles. The van der Waals surface area contributed by atoms with Crippen molar-refractivity contribution in [1.82, 2.24) is 19.4 Å². The van der Waals surface area contributed by atoms with Crippen molar-refractivity contribution in [3.05, 3.63) is 87.0 Å². The van der Waals surface area contributed by atoms with Crippen LogP contribution in [0.25, 0.3) is 11.0 Å². The molecular weight excluding hydrogens is 496 g/mol. The smallest absolute Gasteiger partial charge is 0.345 e. The number of nitriles is 1. The summed E-state index contributed by atoms with van der Waals surface area (Å²) < 4.78 is 1.47. The molecule has 2 aromatic heterocycles. The third-order valence-corrected chi connectivity index (χ3v) is 8.26. The van der Waals surface area contributed by atoms with Gasteiger partial charge in [0.05, 0.1) is 17.1 Å². The van der Waals surface area contributed by atoms with Crippen molar-refractivity contribution < 1.29 is 0 Å². The molecule has 7 nitrogen and oxygen atoms in total. The van der Waals surface area contributed by atoms with Crippen LogP contribution >= 0.6 is 11.6 Å². The zero-order chi connectivity index (χ0) is 27.6. The number of fused-ring (bicyclic) bond motifs is 1. The summed E-state index contributed by atoms with van der Waals surface area (Å²) in [6.45, 7) is 12.1. The Balaban J connectivity index is 1.88. The number of benzene rings is 1. The Morgan fingerprint density at radius 1 is 1.21 bits per heavy atom. The van der Waals surface area contributed by atoms with Gasteiger partial charge in [-0.3, -0.25) is 9.47 Å². The van der Waals surface area contributed by atoms with Crippen LogP contribution in [-0.4, -0.2) is 44.6 Å². The van der Waals surface area contributed by atoms with E-state index in [1.807, 2.05) is 6.08 Å². The third-order valence-electron chi connectivity index (χ3n) is 8.11. The van der Waals surface area contributed by atoms with E-state index in [0.717, 1.165) is 6.42 Å². The fourth-order valence-corrected chi connectivity index (χ4v) is 5.72. The van der Waals surface area contributed by atoms with E-state index in [2.05, 4.69) is 90.8 Å². The summed E-state index contributed by atoms with van der Waals surface area (Å²) >= 11 is 6.18. The Hall–Kier alpha value is -3.47. The molecular formula is C30H35ClN6O. The first-order valence-electron chi connectivity index (χ1n) is 13.0. The molecule has 0 spiro atoms. The largest absolute Gasteiger partial charge is 0.349 e. The summed E-state index contributed by atoms with van der Waals surface area (Å²) in [5.74, 6) is 0.484. The number of pyridine rings is 1. The first kappa shape index (κ1) is 27.6. The number of allylic oxidation sites excluding steroid dienone is 1. The lowest BCUT2D eigenvalue weighted by Crippen LogP contribution is -2.63. The van der Waals surface area contributed by atoms with Crippen molar-refractivity contribution in [3.63, 3.8) is 0 Å². The van der Waals surface area contributed by atoms with E-state index in [-0.39, 0.29) is 29.0 Å². The van der Waals surface area contributed by atoms with Crippen LogP contribution in [0.15, 0.2) is 64.5 Å². The number of rotatable bonds is 6. The molecule has 0 N–H and O–H groups in total. The number of nitrogens with zero attached hydrogens (tertiary/aromatic N) is 6. The molecule has 1 aromatic carbocycles. The van der Waals surface area contributed by atoms with E-state index in [1.54, 1.807) is 19.2 Å². The number of piperazine rings is 1. The van der Waals surface area contributed by atoms with E-state index in [0.29, 0.717) is 29.9 Å². The number of hydrogen-bond acceptors (Lipinski definition) is 6. The summed E-state index contributed by atoms with van der Waals surface area (Å²) in [4.78, 5) is 26.6. The first-order chi connectivity index (χ1) is 18.2. The molecule has 3 heterocycles. The molecule has 1 saturated heterocycles. The van der Waals surface area contributed by atoms with Crippen LogP contribution in [0.4, 0.5) is 5.82 Å². The summed E-state index contributed by atoms with van der Waals surface area (Å²) in [6.07, 6.45) is 5.03. The standard InChI is InChI=1S/C30H35ClN6O/c1-7-21(4)30(5,22-11-9-20(3)10-12-22)37-19-25(15-16-31)36(18-24(37)8-2)28-27-26(35(6)29(38)34-28)14-13-23(17-32)33-27/h7,9-16,24-25H,8,18-19H2,1-6H3/b16-15?,21-7+/t24-,25?,30+/m1/s1. The van der Waals surface area contributed by atoms with Gasteiger partial charge in [0.1, 0.15) is 17.3 Å². The molecule has 3 aromatic rings. The van der Waals surface area contributed by atoms with Crippen molar-refractivity contribution in [3.8, 4) is 6.07 Å². The van der Waals surface area contributed by atoms with Crippen molar-refractivity contribution in [2.24, 2.45) is 7.05 Å². The molecule has 38 heavy (non-hydrogen) atoms. The zero-order valence-corrected chi connectivity index (χ0v) is 23.7. The van der Waals surface area contributed by atoms with Crippen molar-refractivity contribution in [2.75, 3.05) is 18.0 Å². The molecule has 198 valence electrons. The van der Waals surface area contributed by atoms with Crippen LogP contribution < -0.4 is 10.6 Å². The Bertz CT molecular complexity index is 1490. The van der Waals surface area contributed by atoms with E-state index in [1.165, 1.54) is 26.8 Å². The van der Waals surface area contributed by atoms with Crippen LogP contribution in [0.3, 0.4) is 0 Å². The van der Waals surface area contributed by atoms with Gasteiger partial charge in [-0.1, -0.05) is 60.0 Å². The summed E-state index contributed by atoms with van der Waals surface area (Å²) in [6, 6.07) is 14.3. The minimum Gasteiger partial charge on any atom is -0.345 e. The van der Waals surface area contributed by atoms with Gasteiger partial charge in [-0.25, -0.2) is 9.78 Å². The predicted molar refractivity (Wildman–Crippen MR) is 154 cm³/mol.